The maximum absolute atomic E-state index is 11.6. The molecule has 0 amide bonds. The lowest BCUT2D eigenvalue weighted by atomic mass is 10.2. The minimum atomic E-state index is -0.321. The fourth-order valence-electron chi connectivity index (χ4n) is 1.68. The molecule has 0 saturated heterocycles. The fraction of sp³-hybridized carbons (Fsp3) is 0.176. The lowest BCUT2D eigenvalue weighted by Crippen LogP contribution is -2.13. The van der Waals surface area contributed by atoms with E-state index in [1.54, 1.807) is 30.3 Å². The van der Waals surface area contributed by atoms with Crippen LogP contribution < -0.4 is 4.74 Å². The molecule has 0 spiro atoms. The first kappa shape index (κ1) is 17.2. The van der Waals surface area contributed by atoms with Crippen LogP contribution >= 0.6 is 23.4 Å². The van der Waals surface area contributed by atoms with Crippen molar-refractivity contribution in [1.29, 1.82) is 5.26 Å². The van der Waals surface area contributed by atoms with Gasteiger partial charge in [-0.05, 0) is 36.4 Å². The second-order valence-electron chi connectivity index (χ2n) is 4.42. The zero-order valence-corrected chi connectivity index (χ0v) is 13.8. The molecular weight excluding hydrogens is 334 g/mol. The number of rotatable bonds is 7. The Hall–Kier alpha value is -2.16. The molecule has 0 saturated carbocycles. The monoisotopic (exact) mass is 347 g/mol. The van der Waals surface area contributed by atoms with Crippen molar-refractivity contribution in [2.45, 2.75) is 4.90 Å². The van der Waals surface area contributed by atoms with Gasteiger partial charge in [-0.3, -0.25) is 4.79 Å². The minimum absolute atomic E-state index is 0.169. The number of carbonyl (C=O) groups is 1. The van der Waals surface area contributed by atoms with Gasteiger partial charge in [0.2, 0.25) is 0 Å². The van der Waals surface area contributed by atoms with Gasteiger partial charge in [0, 0.05) is 4.90 Å². The van der Waals surface area contributed by atoms with Crippen molar-refractivity contribution in [3.8, 4) is 11.8 Å². The Morgan fingerprint density at radius 2 is 1.87 bits per heavy atom. The summed E-state index contributed by atoms with van der Waals surface area (Å²) in [4.78, 5) is 12.5. The molecule has 23 heavy (non-hydrogen) atoms. The summed E-state index contributed by atoms with van der Waals surface area (Å²) in [6, 6.07) is 16.1. The Morgan fingerprint density at radius 1 is 1.13 bits per heavy atom. The first-order chi connectivity index (χ1) is 11.2. The normalized spacial score (nSPS) is 9.91. The van der Waals surface area contributed by atoms with Crippen LogP contribution in [0.4, 0.5) is 0 Å². The van der Waals surface area contributed by atoms with Gasteiger partial charge in [-0.15, -0.1) is 11.8 Å². The number of ether oxygens (including phenoxy) is 2. The van der Waals surface area contributed by atoms with E-state index >= 15 is 0 Å². The summed E-state index contributed by atoms with van der Waals surface area (Å²) in [7, 11) is 0. The van der Waals surface area contributed by atoms with Crippen LogP contribution in [0.25, 0.3) is 0 Å². The van der Waals surface area contributed by atoms with Gasteiger partial charge in [0.05, 0.1) is 22.4 Å². The zero-order chi connectivity index (χ0) is 16.5. The Bertz CT molecular complexity index is 698. The highest BCUT2D eigenvalue weighted by Crippen LogP contribution is 2.26. The summed E-state index contributed by atoms with van der Waals surface area (Å²) in [5.74, 6) is 0.504. The Kier molecular flexibility index (Phi) is 6.79. The van der Waals surface area contributed by atoms with E-state index in [2.05, 4.69) is 0 Å². The number of nitrogens with zero attached hydrogens (tertiary/aromatic N) is 1. The number of benzene rings is 2. The van der Waals surface area contributed by atoms with Crippen molar-refractivity contribution in [1.82, 2.24) is 0 Å². The molecule has 6 heteroatoms. The second kappa shape index (κ2) is 9.09. The van der Waals surface area contributed by atoms with E-state index in [1.165, 1.54) is 11.8 Å². The first-order valence-electron chi connectivity index (χ1n) is 6.85. The molecule has 2 aromatic rings. The summed E-state index contributed by atoms with van der Waals surface area (Å²) >= 11 is 7.35. The topological polar surface area (TPSA) is 59.3 Å². The van der Waals surface area contributed by atoms with Gasteiger partial charge < -0.3 is 9.47 Å². The molecule has 0 unspecified atom stereocenters. The van der Waals surface area contributed by atoms with Crippen LogP contribution in [0, 0.1) is 11.3 Å². The summed E-state index contributed by atoms with van der Waals surface area (Å²) in [5, 5.41) is 9.31. The average Bonchev–Trinajstić information content (AvgIpc) is 2.58. The van der Waals surface area contributed by atoms with Gasteiger partial charge >= 0.3 is 5.97 Å². The highest BCUT2D eigenvalue weighted by Gasteiger charge is 2.06. The van der Waals surface area contributed by atoms with Crippen LogP contribution in [0.3, 0.4) is 0 Å². The van der Waals surface area contributed by atoms with Crippen LogP contribution in [-0.4, -0.2) is 24.9 Å². The number of carbonyl (C=O) groups excluding carboxylic acids is 1. The van der Waals surface area contributed by atoms with E-state index < -0.39 is 0 Å². The molecule has 0 fully saturated rings. The van der Waals surface area contributed by atoms with Crippen molar-refractivity contribution in [2.75, 3.05) is 19.0 Å². The molecule has 0 N–H and O–H groups in total. The summed E-state index contributed by atoms with van der Waals surface area (Å²) in [6.45, 7) is 0.427. The molecule has 2 aromatic carbocycles. The SMILES string of the molecule is N#Cc1ccc(OCCOC(=O)CSc2ccccc2Cl)cc1. The molecule has 0 aliphatic rings. The standard InChI is InChI=1S/C17H14ClNO3S/c18-15-3-1-2-4-16(15)23-12-17(20)22-10-9-21-14-7-5-13(11-19)6-8-14/h1-8H,9-10,12H2. The highest BCUT2D eigenvalue weighted by molar-refractivity contribution is 8.00. The summed E-state index contributed by atoms with van der Waals surface area (Å²) < 4.78 is 10.5. The lowest BCUT2D eigenvalue weighted by Gasteiger charge is -2.08. The zero-order valence-electron chi connectivity index (χ0n) is 12.2. The predicted octanol–water partition coefficient (Wildman–Crippen LogP) is 3.93. The molecule has 0 heterocycles. The molecule has 0 atom stereocenters. The van der Waals surface area contributed by atoms with Gasteiger partial charge in [0.15, 0.2) is 0 Å². The van der Waals surface area contributed by atoms with Crippen LogP contribution in [0.5, 0.6) is 5.75 Å². The van der Waals surface area contributed by atoms with Crippen LogP contribution in [0.15, 0.2) is 53.4 Å². The Morgan fingerprint density at radius 3 is 2.57 bits per heavy atom. The van der Waals surface area contributed by atoms with Gasteiger partial charge in [0.25, 0.3) is 0 Å². The van der Waals surface area contributed by atoms with E-state index in [0.29, 0.717) is 16.3 Å². The van der Waals surface area contributed by atoms with Gasteiger partial charge in [-0.1, -0.05) is 23.7 Å². The van der Waals surface area contributed by atoms with Gasteiger partial charge in [0.1, 0.15) is 19.0 Å². The third kappa shape index (κ3) is 5.85. The third-order valence-corrected chi connectivity index (χ3v) is 4.27. The van der Waals surface area contributed by atoms with Crippen molar-refractivity contribution in [3.05, 3.63) is 59.1 Å². The Labute approximate surface area is 144 Å². The summed E-state index contributed by atoms with van der Waals surface area (Å²) in [6.07, 6.45) is 0. The Balaban J connectivity index is 1.65. The number of hydrogen-bond donors (Lipinski definition) is 0. The van der Waals surface area contributed by atoms with Crippen LogP contribution in [-0.2, 0) is 9.53 Å². The molecule has 118 valence electrons. The van der Waals surface area contributed by atoms with E-state index in [4.69, 9.17) is 26.3 Å². The van der Waals surface area contributed by atoms with Gasteiger partial charge in [-0.25, -0.2) is 0 Å². The smallest absolute Gasteiger partial charge is 0.316 e. The molecule has 0 aromatic heterocycles. The number of esters is 1. The lowest BCUT2D eigenvalue weighted by molar-refractivity contribution is -0.141. The maximum Gasteiger partial charge on any atom is 0.316 e. The molecule has 0 aliphatic heterocycles. The van der Waals surface area contributed by atoms with Crippen LogP contribution in [0.2, 0.25) is 5.02 Å². The van der Waals surface area contributed by atoms with Crippen molar-refractivity contribution in [2.24, 2.45) is 0 Å². The second-order valence-corrected chi connectivity index (χ2v) is 5.85. The number of nitriles is 1. The molecule has 0 bridgehead atoms. The molecule has 0 radical (unpaired) electrons. The molecular formula is C17H14ClNO3S. The number of halogens is 1. The molecule has 2 rings (SSSR count). The third-order valence-electron chi connectivity index (χ3n) is 2.78. The van der Waals surface area contributed by atoms with Crippen molar-refractivity contribution in [3.63, 3.8) is 0 Å². The van der Waals surface area contributed by atoms with E-state index in [0.717, 1.165) is 4.90 Å². The largest absolute Gasteiger partial charge is 0.490 e. The summed E-state index contributed by atoms with van der Waals surface area (Å²) in [5.41, 5.74) is 0.570. The van der Waals surface area contributed by atoms with Crippen molar-refractivity contribution < 1.29 is 14.3 Å². The average molecular weight is 348 g/mol. The van der Waals surface area contributed by atoms with E-state index in [1.807, 2.05) is 24.3 Å². The number of hydrogen-bond acceptors (Lipinski definition) is 5. The van der Waals surface area contributed by atoms with Crippen LogP contribution in [0.1, 0.15) is 5.56 Å². The quantitative estimate of drug-likeness (QED) is 0.431. The fourth-order valence-corrected chi connectivity index (χ4v) is 2.72. The van der Waals surface area contributed by atoms with E-state index in [9.17, 15) is 4.79 Å². The maximum atomic E-state index is 11.6. The minimum Gasteiger partial charge on any atom is -0.490 e. The molecule has 0 aliphatic carbocycles. The highest BCUT2D eigenvalue weighted by atomic mass is 35.5. The van der Waals surface area contributed by atoms with Gasteiger partial charge in [-0.2, -0.15) is 5.26 Å². The predicted molar refractivity (Wildman–Crippen MR) is 89.8 cm³/mol. The number of thioether (sulfide) groups is 1. The van der Waals surface area contributed by atoms with Crippen molar-refractivity contribution >= 4 is 29.3 Å². The first-order valence-corrected chi connectivity index (χ1v) is 8.21. The molecule has 4 nitrogen and oxygen atoms in total. The van der Waals surface area contributed by atoms with E-state index in [-0.39, 0.29) is 24.9 Å².